The van der Waals surface area contributed by atoms with Gasteiger partial charge in [-0.15, -0.1) is 0 Å². The van der Waals surface area contributed by atoms with Gasteiger partial charge in [0.2, 0.25) is 0 Å². The number of benzene rings is 1. The molecule has 23 heavy (non-hydrogen) atoms. The second-order valence-corrected chi connectivity index (χ2v) is 6.03. The van der Waals surface area contributed by atoms with Crippen LogP contribution < -0.4 is 4.74 Å². The van der Waals surface area contributed by atoms with Gasteiger partial charge in [0.1, 0.15) is 17.0 Å². The summed E-state index contributed by atoms with van der Waals surface area (Å²) in [5, 5.41) is 0.801. The van der Waals surface area contributed by atoms with Gasteiger partial charge >= 0.3 is 11.9 Å². The Hall–Kier alpha value is -2.50. The molecule has 2 rings (SSSR count). The average molecular weight is 319 g/mol. The predicted octanol–water partition coefficient (Wildman–Crippen LogP) is 3.07. The van der Waals surface area contributed by atoms with Crippen LogP contribution in [0, 0.1) is 0 Å². The molecule has 0 atom stereocenters. The summed E-state index contributed by atoms with van der Waals surface area (Å²) >= 11 is 0. The molecule has 1 aromatic carbocycles. The maximum atomic E-state index is 11.7. The van der Waals surface area contributed by atoms with Crippen molar-refractivity contribution in [2.75, 3.05) is 13.2 Å². The number of ether oxygens (including phenoxy) is 3. The number of fused-ring (bicyclic) bond motifs is 1. The number of carbonyl (C=O) groups is 2. The minimum absolute atomic E-state index is 0.169. The molecule has 0 aliphatic carbocycles. The zero-order valence-corrected chi connectivity index (χ0v) is 13.8. The van der Waals surface area contributed by atoms with E-state index in [-0.39, 0.29) is 6.61 Å². The Morgan fingerprint density at radius 2 is 1.91 bits per heavy atom. The molecule has 0 spiro atoms. The molecule has 1 heterocycles. The number of hydrogen-bond acceptors (Lipinski definition) is 5. The van der Waals surface area contributed by atoms with E-state index >= 15 is 0 Å². The molecule has 2 aromatic rings. The van der Waals surface area contributed by atoms with Crippen LogP contribution in [0.2, 0.25) is 0 Å². The van der Waals surface area contributed by atoms with Crippen LogP contribution in [0.5, 0.6) is 5.75 Å². The lowest BCUT2D eigenvalue weighted by Crippen LogP contribution is -2.27. The molecule has 0 aliphatic heterocycles. The largest absolute Gasteiger partial charge is 0.482 e. The smallest absolute Gasteiger partial charge is 0.354 e. The standard InChI is InChI=1S/C17H21NO5/c1-5-21-16(20)14-9-11-8-12(6-7-13(11)18-14)22-10-15(19)23-17(2,3)4/h6-9,18H,5,10H2,1-4H3. The fraction of sp³-hybridized carbons (Fsp3) is 0.412. The van der Waals surface area contributed by atoms with Crippen LogP contribution in [-0.4, -0.2) is 35.7 Å². The lowest BCUT2D eigenvalue weighted by Gasteiger charge is -2.19. The first-order chi connectivity index (χ1) is 10.8. The van der Waals surface area contributed by atoms with E-state index in [1.54, 1.807) is 52.0 Å². The molecule has 6 heteroatoms. The molecule has 0 amide bonds. The first-order valence-electron chi connectivity index (χ1n) is 7.43. The van der Waals surface area contributed by atoms with Crippen molar-refractivity contribution in [1.29, 1.82) is 0 Å². The number of aromatic amines is 1. The molecule has 1 aromatic heterocycles. The summed E-state index contributed by atoms with van der Waals surface area (Å²) in [6, 6.07) is 6.94. The lowest BCUT2D eigenvalue weighted by atomic mass is 10.2. The molecule has 1 N–H and O–H groups in total. The van der Waals surface area contributed by atoms with E-state index < -0.39 is 17.5 Å². The number of rotatable bonds is 5. The molecule has 124 valence electrons. The first-order valence-corrected chi connectivity index (χ1v) is 7.43. The predicted molar refractivity (Wildman–Crippen MR) is 85.6 cm³/mol. The normalized spacial score (nSPS) is 11.3. The minimum atomic E-state index is -0.542. The van der Waals surface area contributed by atoms with Gasteiger partial charge in [-0.2, -0.15) is 0 Å². The molecule has 0 bridgehead atoms. The van der Waals surface area contributed by atoms with Crippen LogP contribution in [0.15, 0.2) is 24.3 Å². The zero-order chi connectivity index (χ0) is 17.0. The van der Waals surface area contributed by atoms with Crippen molar-refractivity contribution < 1.29 is 23.8 Å². The van der Waals surface area contributed by atoms with E-state index in [0.717, 1.165) is 10.9 Å². The molecule has 0 radical (unpaired) electrons. The Balaban J connectivity index is 2.05. The Bertz CT molecular complexity index is 711. The fourth-order valence-electron chi connectivity index (χ4n) is 2.03. The van der Waals surface area contributed by atoms with Crippen LogP contribution >= 0.6 is 0 Å². The fourth-order valence-corrected chi connectivity index (χ4v) is 2.03. The van der Waals surface area contributed by atoms with E-state index in [1.807, 2.05) is 0 Å². The van der Waals surface area contributed by atoms with Gasteiger partial charge in [0.05, 0.1) is 6.61 Å². The molecule has 0 fully saturated rings. The lowest BCUT2D eigenvalue weighted by molar-refractivity contribution is -0.157. The Morgan fingerprint density at radius 3 is 2.57 bits per heavy atom. The number of nitrogens with one attached hydrogen (secondary N) is 1. The van der Waals surface area contributed by atoms with Crippen molar-refractivity contribution >= 4 is 22.8 Å². The van der Waals surface area contributed by atoms with Crippen molar-refractivity contribution in [2.45, 2.75) is 33.3 Å². The van der Waals surface area contributed by atoms with Crippen molar-refractivity contribution in [3.63, 3.8) is 0 Å². The average Bonchev–Trinajstić information content (AvgIpc) is 2.86. The van der Waals surface area contributed by atoms with Crippen LogP contribution in [0.1, 0.15) is 38.2 Å². The van der Waals surface area contributed by atoms with Gasteiger partial charge in [-0.05, 0) is 52.0 Å². The van der Waals surface area contributed by atoms with Gasteiger partial charge in [-0.25, -0.2) is 9.59 Å². The maximum Gasteiger partial charge on any atom is 0.354 e. The molecule has 0 saturated carbocycles. The maximum absolute atomic E-state index is 11.7. The Labute approximate surface area is 134 Å². The monoisotopic (exact) mass is 319 g/mol. The highest BCUT2D eigenvalue weighted by Gasteiger charge is 2.17. The first kappa shape index (κ1) is 16.9. The number of esters is 2. The molecular weight excluding hydrogens is 298 g/mol. The van der Waals surface area contributed by atoms with Crippen LogP contribution in [0.3, 0.4) is 0 Å². The van der Waals surface area contributed by atoms with Gasteiger partial charge in [0.15, 0.2) is 6.61 Å². The summed E-state index contributed by atoms with van der Waals surface area (Å²) in [5.41, 5.74) is 0.628. The van der Waals surface area contributed by atoms with E-state index in [4.69, 9.17) is 14.2 Å². The highest BCUT2D eigenvalue weighted by Crippen LogP contribution is 2.22. The van der Waals surface area contributed by atoms with E-state index in [1.165, 1.54) is 0 Å². The Morgan fingerprint density at radius 1 is 1.17 bits per heavy atom. The van der Waals surface area contributed by atoms with E-state index in [2.05, 4.69) is 4.98 Å². The number of hydrogen-bond donors (Lipinski definition) is 1. The highest BCUT2D eigenvalue weighted by molar-refractivity contribution is 5.95. The Kier molecular flexibility index (Phi) is 4.93. The van der Waals surface area contributed by atoms with Crippen molar-refractivity contribution in [1.82, 2.24) is 4.98 Å². The van der Waals surface area contributed by atoms with Crippen LogP contribution in [0.4, 0.5) is 0 Å². The van der Waals surface area contributed by atoms with Gasteiger partial charge in [-0.1, -0.05) is 0 Å². The third kappa shape index (κ3) is 4.74. The highest BCUT2D eigenvalue weighted by atomic mass is 16.6. The third-order valence-corrected chi connectivity index (χ3v) is 2.86. The number of H-pyrrole nitrogens is 1. The molecule has 0 unspecified atom stereocenters. The number of carbonyl (C=O) groups excluding carboxylic acids is 2. The second-order valence-electron chi connectivity index (χ2n) is 6.03. The summed E-state index contributed by atoms with van der Waals surface area (Å²) in [5.74, 6) is -0.309. The van der Waals surface area contributed by atoms with Gasteiger partial charge in [-0.3, -0.25) is 0 Å². The number of aromatic nitrogens is 1. The van der Waals surface area contributed by atoms with E-state index in [0.29, 0.717) is 18.1 Å². The zero-order valence-electron chi connectivity index (χ0n) is 13.8. The van der Waals surface area contributed by atoms with Gasteiger partial charge in [0.25, 0.3) is 0 Å². The second kappa shape index (κ2) is 6.73. The molecule has 0 saturated heterocycles. The molecule has 0 aliphatic rings. The van der Waals surface area contributed by atoms with Gasteiger partial charge in [0, 0.05) is 10.9 Å². The van der Waals surface area contributed by atoms with E-state index in [9.17, 15) is 9.59 Å². The van der Waals surface area contributed by atoms with Crippen LogP contribution in [0.25, 0.3) is 10.9 Å². The van der Waals surface area contributed by atoms with Crippen LogP contribution in [-0.2, 0) is 14.3 Å². The minimum Gasteiger partial charge on any atom is -0.482 e. The molecule has 6 nitrogen and oxygen atoms in total. The SMILES string of the molecule is CCOC(=O)c1cc2cc(OCC(=O)OC(C)(C)C)ccc2[nH]1. The summed E-state index contributed by atoms with van der Waals surface area (Å²) in [6.45, 7) is 7.30. The van der Waals surface area contributed by atoms with Gasteiger partial charge < -0.3 is 19.2 Å². The summed E-state index contributed by atoms with van der Waals surface area (Å²) in [7, 11) is 0. The topological polar surface area (TPSA) is 77.6 Å². The quantitative estimate of drug-likeness (QED) is 0.857. The summed E-state index contributed by atoms with van der Waals surface area (Å²) in [6.07, 6.45) is 0. The molecular formula is C17H21NO5. The van der Waals surface area contributed by atoms with Crippen molar-refractivity contribution in [3.05, 3.63) is 30.0 Å². The van der Waals surface area contributed by atoms with Crippen molar-refractivity contribution in [2.24, 2.45) is 0 Å². The summed E-state index contributed by atoms with van der Waals surface area (Å²) < 4.78 is 15.6. The van der Waals surface area contributed by atoms with Crippen molar-refractivity contribution in [3.8, 4) is 5.75 Å². The third-order valence-electron chi connectivity index (χ3n) is 2.86. The summed E-state index contributed by atoms with van der Waals surface area (Å²) in [4.78, 5) is 26.3.